The molecule has 0 unspecified atom stereocenters. The summed E-state index contributed by atoms with van der Waals surface area (Å²) in [7, 11) is 1.66. The normalized spacial score (nSPS) is 11.8. The van der Waals surface area contributed by atoms with Gasteiger partial charge in [0, 0.05) is 29.5 Å². The molecule has 0 saturated heterocycles. The van der Waals surface area contributed by atoms with E-state index < -0.39 is 17.8 Å². The summed E-state index contributed by atoms with van der Waals surface area (Å²) in [6.45, 7) is 5.98. The number of carbonyl (C=O) groups is 1. The molecule has 0 aliphatic rings. The van der Waals surface area contributed by atoms with Crippen molar-refractivity contribution in [3.63, 3.8) is 0 Å². The average molecular weight is 462 g/mol. The molecule has 3 aromatic rings. The molecule has 11 heteroatoms. The second-order valence-corrected chi connectivity index (χ2v) is 8.30. The Bertz CT molecular complexity index is 1090. The highest BCUT2D eigenvalue weighted by Crippen LogP contribution is 2.32. The predicted octanol–water partition coefficient (Wildman–Crippen LogP) is 4.97. The van der Waals surface area contributed by atoms with Gasteiger partial charge in [-0.2, -0.15) is 18.0 Å². The molecule has 0 aliphatic carbocycles. The standard InChI is InChI=1S/C22H25F3N6O2/c1-21(2,3)30(4)20(32)33-14-13-31-28-19(27-29-31)17-7-5-6-8-18(17)26-16-11-9-15(10-12-16)22(23,24)25/h5-12,26H,13-14H2,1-4H3. The van der Waals surface area contributed by atoms with E-state index in [1.807, 2.05) is 20.8 Å². The van der Waals surface area contributed by atoms with Gasteiger partial charge in [-0.3, -0.25) is 0 Å². The number of aromatic nitrogens is 4. The summed E-state index contributed by atoms with van der Waals surface area (Å²) in [6.07, 6.45) is -4.84. The third kappa shape index (κ3) is 6.21. The molecule has 8 nitrogen and oxygen atoms in total. The minimum atomic E-state index is -4.39. The van der Waals surface area contributed by atoms with Crippen LogP contribution in [-0.4, -0.2) is 50.4 Å². The van der Waals surface area contributed by atoms with Crippen LogP contribution < -0.4 is 5.32 Å². The molecule has 0 bridgehead atoms. The molecule has 176 valence electrons. The monoisotopic (exact) mass is 462 g/mol. The molecule has 0 radical (unpaired) electrons. The second kappa shape index (κ2) is 9.47. The third-order valence-corrected chi connectivity index (χ3v) is 4.91. The molecule has 0 saturated carbocycles. The van der Waals surface area contributed by atoms with Crippen LogP contribution >= 0.6 is 0 Å². The van der Waals surface area contributed by atoms with Gasteiger partial charge in [-0.25, -0.2) is 4.79 Å². The lowest BCUT2D eigenvalue weighted by Crippen LogP contribution is -2.43. The van der Waals surface area contributed by atoms with Crippen molar-refractivity contribution in [2.24, 2.45) is 0 Å². The molecule has 1 aromatic heterocycles. The van der Waals surface area contributed by atoms with Crippen LogP contribution in [0.15, 0.2) is 48.5 Å². The van der Waals surface area contributed by atoms with Crippen LogP contribution in [0.25, 0.3) is 11.4 Å². The van der Waals surface area contributed by atoms with Gasteiger partial charge in [0.2, 0.25) is 5.82 Å². The molecule has 1 heterocycles. The van der Waals surface area contributed by atoms with E-state index in [0.717, 1.165) is 12.1 Å². The molecular formula is C22H25F3N6O2. The number of ether oxygens (including phenoxy) is 1. The Balaban J connectivity index is 1.66. The van der Waals surface area contributed by atoms with Crippen LogP contribution in [0.3, 0.4) is 0 Å². The quantitative estimate of drug-likeness (QED) is 0.557. The van der Waals surface area contributed by atoms with Gasteiger partial charge in [0.1, 0.15) is 6.61 Å². The number of alkyl halides is 3. The van der Waals surface area contributed by atoms with Crippen LogP contribution in [0.5, 0.6) is 0 Å². The first-order chi connectivity index (χ1) is 15.4. The van der Waals surface area contributed by atoms with E-state index in [1.165, 1.54) is 21.8 Å². The largest absolute Gasteiger partial charge is 0.447 e. The Morgan fingerprint density at radius 3 is 2.39 bits per heavy atom. The van der Waals surface area contributed by atoms with Crippen molar-refractivity contribution in [3.8, 4) is 11.4 Å². The highest BCUT2D eigenvalue weighted by atomic mass is 19.4. The molecule has 2 aromatic carbocycles. The number of carbonyl (C=O) groups excluding carboxylic acids is 1. The maximum atomic E-state index is 12.8. The lowest BCUT2D eigenvalue weighted by molar-refractivity contribution is -0.137. The maximum Gasteiger partial charge on any atom is 0.416 e. The smallest absolute Gasteiger partial charge is 0.416 e. The molecule has 0 aliphatic heterocycles. The molecule has 1 amide bonds. The number of anilines is 2. The van der Waals surface area contributed by atoms with Crippen molar-refractivity contribution in [2.75, 3.05) is 19.0 Å². The van der Waals surface area contributed by atoms with Crippen LogP contribution in [0.4, 0.5) is 29.3 Å². The lowest BCUT2D eigenvalue weighted by atomic mass is 10.1. The summed E-state index contributed by atoms with van der Waals surface area (Å²) in [4.78, 5) is 14.9. The molecule has 3 rings (SSSR count). The van der Waals surface area contributed by atoms with E-state index in [0.29, 0.717) is 22.8 Å². The van der Waals surface area contributed by atoms with E-state index in [9.17, 15) is 18.0 Å². The Hall–Kier alpha value is -3.63. The summed E-state index contributed by atoms with van der Waals surface area (Å²) < 4.78 is 43.6. The van der Waals surface area contributed by atoms with Crippen LogP contribution in [-0.2, 0) is 17.5 Å². The predicted molar refractivity (Wildman–Crippen MR) is 117 cm³/mol. The number of tetrazole rings is 1. The molecule has 33 heavy (non-hydrogen) atoms. The number of benzene rings is 2. The zero-order valence-electron chi connectivity index (χ0n) is 18.7. The molecule has 1 N–H and O–H groups in total. The third-order valence-electron chi connectivity index (χ3n) is 4.91. The van der Waals surface area contributed by atoms with Gasteiger partial charge in [0.05, 0.1) is 12.1 Å². The molecule has 0 fully saturated rings. The zero-order valence-corrected chi connectivity index (χ0v) is 18.7. The number of para-hydroxylation sites is 1. The van der Waals surface area contributed by atoms with Crippen molar-refractivity contribution in [3.05, 3.63) is 54.1 Å². The van der Waals surface area contributed by atoms with Crippen molar-refractivity contribution in [1.29, 1.82) is 0 Å². The van der Waals surface area contributed by atoms with Crippen LogP contribution in [0.2, 0.25) is 0 Å². The first-order valence-corrected chi connectivity index (χ1v) is 10.2. The zero-order chi connectivity index (χ0) is 24.2. The minimum absolute atomic E-state index is 0.0699. The topological polar surface area (TPSA) is 85.2 Å². The highest BCUT2D eigenvalue weighted by molar-refractivity contribution is 5.77. The van der Waals surface area contributed by atoms with Gasteiger partial charge in [-0.15, -0.1) is 10.2 Å². The Labute approximate surface area is 189 Å². The maximum absolute atomic E-state index is 12.8. The number of nitrogens with one attached hydrogen (secondary N) is 1. The number of halogens is 3. The van der Waals surface area contributed by atoms with Crippen molar-refractivity contribution in [2.45, 2.75) is 39.0 Å². The number of hydrogen-bond acceptors (Lipinski definition) is 6. The summed E-state index contributed by atoms with van der Waals surface area (Å²) in [6, 6.07) is 11.8. The van der Waals surface area contributed by atoms with Gasteiger partial charge < -0.3 is 15.0 Å². The fourth-order valence-electron chi connectivity index (χ4n) is 2.72. The average Bonchev–Trinajstić information content (AvgIpc) is 3.21. The lowest BCUT2D eigenvalue weighted by Gasteiger charge is -2.30. The van der Waals surface area contributed by atoms with E-state index in [4.69, 9.17) is 4.74 Å². The van der Waals surface area contributed by atoms with Crippen LogP contribution in [0, 0.1) is 0 Å². The van der Waals surface area contributed by atoms with E-state index in [-0.39, 0.29) is 18.7 Å². The first-order valence-electron chi connectivity index (χ1n) is 10.2. The van der Waals surface area contributed by atoms with Crippen LogP contribution in [0.1, 0.15) is 26.3 Å². The van der Waals surface area contributed by atoms with Gasteiger partial charge >= 0.3 is 12.3 Å². The summed E-state index contributed by atoms with van der Waals surface area (Å²) in [5.74, 6) is 0.322. The molecule has 0 spiro atoms. The van der Waals surface area contributed by atoms with Gasteiger partial charge in [0.25, 0.3) is 0 Å². The SMILES string of the molecule is CN(C(=O)OCCn1nnc(-c2ccccc2Nc2ccc(C(F)(F)F)cc2)n1)C(C)(C)C. The van der Waals surface area contributed by atoms with Crippen molar-refractivity contribution in [1.82, 2.24) is 25.1 Å². The van der Waals surface area contributed by atoms with Gasteiger partial charge in [-0.05, 0) is 62.4 Å². The van der Waals surface area contributed by atoms with E-state index in [1.54, 1.807) is 31.3 Å². The minimum Gasteiger partial charge on any atom is -0.447 e. The Morgan fingerprint density at radius 1 is 1.09 bits per heavy atom. The molecular weight excluding hydrogens is 437 g/mol. The van der Waals surface area contributed by atoms with E-state index >= 15 is 0 Å². The fourth-order valence-corrected chi connectivity index (χ4v) is 2.72. The second-order valence-electron chi connectivity index (χ2n) is 8.30. The van der Waals surface area contributed by atoms with E-state index in [2.05, 4.69) is 20.7 Å². The summed E-state index contributed by atoms with van der Waals surface area (Å²) in [5.41, 5.74) is 0.626. The van der Waals surface area contributed by atoms with Crippen molar-refractivity contribution < 1.29 is 22.7 Å². The number of hydrogen-bond donors (Lipinski definition) is 1. The summed E-state index contributed by atoms with van der Waals surface area (Å²) in [5, 5.41) is 15.4. The van der Waals surface area contributed by atoms with Gasteiger partial charge in [0.15, 0.2) is 0 Å². The fraction of sp³-hybridized carbons (Fsp3) is 0.364. The van der Waals surface area contributed by atoms with Crippen molar-refractivity contribution >= 4 is 17.5 Å². The number of amides is 1. The number of rotatable bonds is 6. The Morgan fingerprint density at radius 2 is 1.76 bits per heavy atom. The summed E-state index contributed by atoms with van der Waals surface area (Å²) >= 11 is 0. The molecule has 0 atom stereocenters. The van der Waals surface area contributed by atoms with Gasteiger partial charge in [-0.1, -0.05) is 12.1 Å². The first kappa shape index (κ1) is 24.0. The Kier molecular flexibility index (Phi) is 6.89. The number of nitrogens with zero attached hydrogens (tertiary/aromatic N) is 5. The highest BCUT2D eigenvalue weighted by Gasteiger charge is 2.30.